The van der Waals surface area contributed by atoms with Gasteiger partial charge in [0.2, 0.25) is 11.7 Å². The smallest absolute Gasteiger partial charge is 0.255 e. The summed E-state index contributed by atoms with van der Waals surface area (Å²) < 4.78 is 18.5. The molecule has 0 N–H and O–H groups in total. The van der Waals surface area contributed by atoms with Crippen LogP contribution in [0.2, 0.25) is 10.0 Å². The van der Waals surface area contributed by atoms with Crippen LogP contribution in [0, 0.1) is 5.82 Å². The van der Waals surface area contributed by atoms with Crippen molar-refractivity contribution >= 4 is 29.1 Å². The summed E-state index contributed by atoms with van der Waals surface area (Å²) in [6.45, 7) is 1.13. The first-order chi connectivity index (χ1) is 13.5. The van der Waals surface area contributed by atoms with E-state index in [0.29, 0.717) is 58.8 Å². The van der Waals surface area contributed by atoms with Crippen LogP contribution >= 0.6 is 23.2 Å². The third kappa shape index (κ3) is 3.88. The van der Waals surface area contributed by atoms with Crippen molar-refractivity contribution in [2.24, 2.45) is 0 Å². The molecular formula is C20H16Cl2FN3O2. The van der Waals surface area contributed by atoms with E-state index < -0.39 is 0 Å². The molecule has 4 rings (SSSR count). The first kappa shape index (κ1) is 18.9. The van der Waals surface area contributed by atoms with Gasteiger partial charge in [0.15, 0.2) is 0 Å². The largest absolute Gasteiger partial charge is 0.339 e. The molecule has 0 saturated carbocycles. The van der Waals surface area contributed by atoms with Crippen LogP contribution in [0.1, 0.15) is 35.0 Å². The number of likely N-dealkylation sites (tertiary alicyclic amines) is 1. The second kappa shape index (κ2) is 7.89. The molecule has 1 aliphatic rings. The molecular weight excluding hydrogens is 404 g/mol. The summed E-state index contributed by atoms with van der Waals surface area (Å²) in [6, 6.07) is 10.8. The molecule has 1 saturated heterocycles. The van der Waals surface area contributed by atoms with E-state index in [1.165, 1.54) is 12.1 Å². The summed E-state index contributed by atoms with van der Waals surface area (Å²) in [5.41, 5.74) is 1.14. The molecule has 5 nitrogen and oxygen atoms in total. The first-order valence-corrected chi connectivity index (χ1v) is 9.61. The van der Waals surface area contributed by atoms with Crippen LogP contribution in [0.15, 0.2) is 47.0 Å². The average molecular weight is 420 g/mol. The van der Waals surface area contributed by atoms with Crippen molar-refractivity contribution < 1.29 is 13.7 Å². The van der Waals surface area contributed by atoms with Gasteiger partial charge in [-0.25, -0.2) is 4.39 Å². The Hall–Kier alpha value is -2.44. The Balaban J connectivity index is 1.41. The minimum atomic E-state index is -0.315. The lowest BCUT2D eigenvalue weighted by Crippen LogP contribution is -2.38. The molecule has 0 atom stereocenters. The summed E-state index contributed by atoms with van der Waals surface area (Å²) in [5, 5.41) is 4.84. The molecule has 1 aliphatic heterocycles. The Labute approximate surface area is 171 Å². The fourth-order valence-corrected chi connectivity index (χ4v) is 3.77. The molecule has 0 bridgehead atoms. The topological polar surface area (TPSA) is 59.2 Å². The fourth-order valence-electron chi connectivity index (χ4n) is 3.28. The lowest BCUT2D eigenvalue weighted by atomic mass is 9.96. The highest BCUT2D eigenvalue weighted by atomic mass is 35.5. The molecule has 0 radical (unpaired) electrons. The van der Waals surface area contributed by atoms with Crippen molar-refractivity contribution in [1.82, 2.24) is 15.0 Å². The molecule has 8 heteroatoms. The van der Waals surface area contributed by atoms with Crippen molar-refractivity contribution in [2.45, 2.75) is 18.8 Å². The summed E-state index contributed by atoms with van der Waals surface area (Å²) in [7, 11) is 0. The molecule has 144 valence electrons. The molecule has 1 aromatic heterocycles. The van der Waals surface area contributed by atoms with E-state index in [2.05, 4.69) is 10.1 Å². The Morgan fingerprint density at radius 3 is 2.50 bits per heavy atom. The normalized spacial score (nSPS) is 15.0. The van der Waals surface area contributed by atoms with Gasteiger partial charge in [0.1, 0.15) is 5.82 Å². The van der Waals surface area contributed by atoms with Gasteiger partial charge in [-0.15, -0.1) is 0 Å². The van der Waals surface area contributed by atoms with Crippen molar-refractivity contribution in [3.8, 4) is 11.4 Å². The van der Waals surface area contributed by atoms with E-state index in [1.807, 2.05) is 0 Å². The third-order valence-electron chi connectivity index (χ3n) is 4.84. The second-order valence-electron chi connectivity index (χ2n) is 6.65. The van der Waals surface area contributed by atoms with Gasteiger partial charge < -0.3 is 9.42 Å². The monoisotopic (exact) mass is 419 g/mol. The molecule has 3 aromatic rings. The number of carbonyl (C=O) groups excluding carboxylic acids is 1. The van der Waals surface area contributed by atoms with E-state index in [4.69, 9.17) is 27.7 Å². The summed E-state index contributed by atoms with van der Waals surface area (Å²) in [5.74, 6) is 0.617. The van der Waals surface area contributed by atoms with Gasteiger partial charge in [0.25, 0.3) is 5.91 Å². The van der Waals surface area contributed by atoms with E-state index in [0.717, 1.165) is 0 Å². The lowest BCUT2D eigenvalue weighted by Gasteiger charge is -2.30. The minimum absolute atomic E-state index is 0.0754. The Kier molecular flexibility index (Phi) is 5.33. The Bertz CT molecular complexity index is 999. The number of aromatic nitrogens is 2. The molecule has 2 heterocycles. The molecule has 1 amide bonds. The van der Waals surface area contributed by atoms with Gasteiger partial charge >= 0.3 is 0 Å². The van der Waals surface area contributed by atoms with Gasteiger partial charge in [-0.1, -0.05) is 28.4 Å². The van der Waals surface area contributed by atoms with E-state index in [1.54, 1.807) is 35.2 Å². The number of amides is 1. The summed E-state index contributed by atoms with van der Waals surface area (Å²) in [4.78, 5) is 18.9. The zero-order valence-electron chi connectivity index (χ0n) is 14.7. The predicted octanol–water partition coefficient (Wildman–Crippen LogP) is 5.20. The lowest BCUT2D eigenvalue weighted by molar-refractivity contribution is 0.0704. The van der Waals surface area contributed by atoms with Crippen molar-refractivity contribution in [2.75, 3.05) is 13.1 Å². The summed E-state index contributed by atoms with van der Waals surface area (Å²) in [6.07, 6.45) is 1.42. The van der Waals surface area contributed by atoms with Crippen molar-refractivity contribution in [1.29, 1.82) is 0 Å². The highest BCUT2D eigenvalue weighted by molar-refractivity contribution is 6.36. The number of carbonyl (C=O) groups is 1. The number of benzene rings is 2. The van der Waals surface area contributed by atoms with Crippen LogP contribution in [0.5, 0.6) is 0 Å². The molecule has 28 heavy (non-hydrogen) atoms. The standard InChI is InChI=1S/C20H16Cl2FN3O2/c21-14-3-6-16(17(22)11-14)20(27)26-9-7-13(8-10-26)19-24-18(25-28-19)12-1-4-15(23)5-2-12/h1-6,11,13H,7-10H2. The Morgan fingerprint density at radius 1 is 1.11 bits per heavy atom. The zero-order valence-corrected chi connectivity index (χ0v) is 16.3. The van der Waals surface area contributed by atoms with Gasteiger partial charge in [0, 0.05) is 29.6 Å². The second-order valence-corrected chi connectivity index (χ2v) is 7.50. The molecule has 2 aromatic carbocycles. The van der Waals surface area contributed by atoms with E-state index in [9.17, 15) is 9.18 Å². The number of halogens is 3. The molecule has 0 unspecified atom stereocenters. The molecule has 1 fully saturated rings. The number of hydrogen-bond acceptors (Lipinski definition) is 4. The van der Waals surface area contributed by atoms with Gasteiger partial charge in [-0.05, 0) is 55.3 Å². The summed E-state index contributed by atoms with van der Waals surface area (Å²) >= 11 is 12.0. The molecule has 0 spiro atoms. The number of piperidine rings is 1. The highest BCUT2D eigenvalue weighted by Gasteiger charge is 2.29. The Morgan fingerprint density at radius 2 is 1.82 bits per heavy atom. The van der Waals surface area contributed by atoms with Crippen molar-refractivity contribution in [3.63, 3.8) is 0 Å². The number of hydrogen-bond donors (Lipinski definition) is 0. The van der Waals surface area contributed by atoms with Gasteiger partial charge in [0.05, 0.1) is 10.6 Å². The maximum atomic E-state index is 13.1. The van der Waals surface area contributed by atoms with Crippen LogP contribution in [0.25, 0.3) is 11.4 Å². The zero-order chi connectivity index (χ0) is 19.7. The van der Waals surface area contributed by atoms with Gasteiger partial charge in [-0.2, -0.15) is 4.98 Å². The number of nitrogens with zero attached hydrogens (tertiary/aromatic N) is 3. The van der Waals surface area contributed by atoms with Crippen LogP contribution in [0.4, 0.5) is 4.39 Å². The average Bonchev–Trinajstić information content (AvgIpc) is 3.18. The third-order valence-corrected chi connectivity index (χ3v) is 5.38. The van der Waals surface area contributed by atoms with Gasteiger partial charge in [-0.3, -0.25) is 4.79 Å². The minimum Gasteiger partial charge on any atom is -0.339 e. The fraction of sp³-hybridized carbons (Fsp3) is 0.250. The first-order valence-electron chi connectivity index (χ1n) is 8.85. The SMILES string of the molecule is O=C(c1ccc(Cl)cc1Cl)N1CCC(c2nc(-c3ccc(F)cc3)no2)CC1. The maximum Gasteiger partial charge on any atom is 0.255 e. The maximum absolute atomic E-state index is 13.1. The quantitative estimate of drug-likeness (QED) is 0.584. The van der Waals surface area contributed by atoms with E-state index >= 15 is 0 Å². The van der Waals surface area contributed by atoms with Crippen molar-refractivity contribution in [3.05, 3.63) is 69.8 Å². The number of rotatable bonds is 3. The van der Waals surface area contributed by atoms with Crippen LogP contribution in [0.3, 0.4) is 0 Å². The molecule has 0 aliphatic carbocycles. The van der Waals surface area contributed by atoms with Crippen LogP contribution in [-0.4, -0.2) is 34.0 Å². The van der Waals surface area contributed by atoms with Crippen LogP contribution < -0.4 is 0 Å². The predicted molar refractivity (Wildman–Crippen MR) is 104 cm³/mol. The van der Waals surface area contributed by atoms with E-state index in [-0.39, 0.29) is 17.6 Å². The highest BCUT2D eigenvalue weighted by Crippen LogP contribution is 2.30. The van der Waals surface area contributed by atoms with Crippen LogP contribution in [-0.2, 0) is 0 Å².